The average Bonchev–Trinajstić information content (AvgIpc) is 3.01. The molecule has 0 spiro atoms. The highest BCUT2D eigenvalue weighted by Crippen LogP contribution is 2.29. The predicted molar refractivity (Wildman–Crippen MR) is 72.7 cm³/mol. The van der Waals surface area contributed by atoms with E-state index in [-0.39, 0.29) is 0 Å². The van der Waals surface area contributed by atoms with E-state index in [4.69, 9.17) is 0 Å². The Morgan fingerprint density at radius 3 is 2.78 bits per heavy atom. The van der Waals surface area contributed by atoms with E-state index in [1.165, 1.54) is 0 Å². The molecule has 4 heterocycles. The second-order valence-corrected chi connectivity index (χ2v) is 5.97. The number of anilines is 1. The molecule has 0 unspecified atom stereocenters. The van der Waals surface area contributed by atoms with Crippen LogP contribution >= 0.6 is 15.9 Å². The van der Waals surface area contributed by atoms with Gasteiger partial charge in [0.2, 0.25) is 5.95 Å². The van der Waals surface area contributed by atoms with Crippen molar-refractivity contribution in [3.8, 4) is 0 Å². The highest BCUT2D eigenvalue weighted by Gasteiger charge is 2.37. The Kier molecular flexibility index (Phi) is 2.35. The molecule has 2 aliphatic rings. The Bertz CT molecular complexity index is 583. The summed E-state index contributed by atoms with van der Waals surface area (Å²) in [4.78, 5) is 6.95. The van der Waals surface area contributed by atoms with Gasteiger partial charge in [-0.15, -0.1) is 5.10 Å². The number of nitrogens with one attached hydrogen (secondary N) is 1. The van der Waals surface area contributed by atoms with Crippen molar-refractivity contribution in [1.29, 1.82) is 0 Å². The number of aromatic nitrogens is 3. The molecule has 0 saturated carbocycles. The van der Waals surface area contributed by atoms with Gasteiger partial charge in [0.15, 0.2) is 5.65 Å². The lowest BCUT2D eigenvalue weighted by atomic mass is 10.0. The van der Waals surface area contributed by atoms with E-state index in [1.807, 2.05) is 22.8 Å². The molecule has 0 bridgehead atoms. The van der Waals surface area contributed by atoms with E-state index in [0.717, 1.165) is 54.1 Å². The van der Waals surface area contributed by atoms with Crippen LogP contribution in [0.15, 0.2) is 22.8 Å². The highest BCUT2D eigenvalue weighted by molar-refractivity contribution is 9.10. The molecular weight excluding hydrogens is 294 g/mol. The van der Waals surface area contributed by atoms with Crippen LogP contribution in [0.2, 0.25) is 0 Å². The molecule has 2 aromatic heterocycles. The summed E-state index contributed by atoms with van der Waals surface area (Å²) in [6.45, 7) is 4.43. The maximum Gasteiger partial charge on any atom is 0.245 e. The van der Waals surface area contributed by atoms with Crippen LogP contribution in [-0.4, -0.2) is 40.8 Å². The van der Waals surface area contributed by atoms with Crippen LogP contribution in [0.5, 0.6) is 0 Å². The first-order valence-corrected chi connectivity index (χ1v) is 7.07. The molecule has 0 aliphatic carbocycles. The molecule has 2 fully saturated rings. The summed E-state index contributed by atoms with van der Waals surface area (Å²) in [5, 5.41) is 8.02. The summed E-state index contributed by atoms with van der Waals surface area (Å²) in [7, 11) is 0. The van der Waals surface area contributed by atoms with Gasteiger partial charge in [-0.25, -0.2) is 4.52 Å². The van der Waals surface area contributed by atoms with Crippen molar-refractivity contribution in [3.63, 3.8) is 0 Å². The first-order chi connectivity index (χ1) is 8.81. The predicted octanol–water partition coefficient (Wildman–Crippen LogP) is 1.15. The lowest BCUT2D eigenvalue weighted by Crippen LogP contribution is -2.26. The normalized spacial score (nSPS) is 27.1. The molecule has 0 aromatic carbocycles. The molecule has 2 aliphatic heterocycles. The van der Waals surface area contributed by atoms with Crippen molar-refractivity contribution in [2.75, 3.05) is 31.1 Å². The van der Waals surface area contributed by atoms with Crippen LogP contribution in [0, 0.1) is 11.8 Å². The topological polar surface area (TPSA) is 45.5 Å². The van der Waals surface area contributed by atoms with E-state index >= 15 is 0 Å². The largest absolute Gasteiger partial charge is 0.339 e. The maximum atomic E-state index is 4.63. The zero-order valence-electron chi connectivity index (χ0n) is 9.88. The lowest BCUT2D eigenvalue weighted by molar-refractivity contribution is 0.533. The van der Waals surface area contributed by atoms with Gasteiger partial charge in [0.05, 0.1) is 4.47 Å². The van der Waals surface area contributed by atoms with Gasteiger partial charge >= 0.3 is 0 Å². The fourth-order valence-electron chi connectivity index (χ4n) is 3.02. The summed E-state index contributed by atoms with van der Waals surface area (Å²) >= 11 is 3.52. The Labute approximate surface area is 113 Å². The summed E-state index contributed by atoms with van der Waals surface area (Å²) < 4.78 is 2.83. The molecule has 94 valence electrons. The zero-order chi connectivity index (χ0) is 12.1. The number of halogens is 1. The van der Waals surface area contributed by atoms with Gasteiger partial charge in [-0.2, -0.15) is 4.98 Å². The summed E-state index contributed by atoms with van der Waals surface area (Å²) in [5.74, 6) is 2.39. The van der Waals surface area contributed by atoms with E-state index in [9.17, 15) is 0 Å². The number of hydrogen-bond donors (Lipinski definition) is 1. The fraction of sp³-hybridized carbons (Fsp3) is 0.500. The minimum atomic E-state index is 0.764. The van der Waals surface area contributed by atoms with E-state index < -0.39 is 0 Å². The SMILES string of the molecule is Brc1cccn2nc(N3C[C@H]4CNC[C@H]4C3)nc12. The maximum absolute atomic E-state index is 4.63. The number of rotatable bonds is 1. The third-order valence-electron chi connectivity index (χ3n) is 3.98. The van der Waals surface area contributed by atoms with Gasteiger partial charge in [-0.1, -0.05) is 0 Å². The van der Waals surface area contributed by atoms with E-state index in [1.54, 1.807) is 0 Å². The zero-order valence-corrected chi connectivity index (χ0v) is 11.5. The lowest BCUT2D eigenvalue weighted by Gasteiger charge is -2.14. The molecule has 6 heteroatoms. The molecule has 2 saturated heterocycles. The molecule has 1 N–H and O–H groups in total. The Morgan fingerprint density at radius 1 is 1.28 bits per heavy atom. The molecule has 5 nitrogen and oxygen atoms in total. The van der Waals surface area contributed by atoms with Crippen LogP contribution in [0.1, 0.15) is 0 Å². The molecular formula is C12H14BrN5. The van der Waals surface area contributed by atoms with Crippen molar-refractivity contribution < 1.29 is 0 Å². The van der Waals surface area contributed by atoms with Gasteiger partial charge < -0.3 is 10.2 Å². The summed E-state index contributed by atoms with van der Waals surface area (Å²) in [6.07, 6.45) is 1.94. The standard InChI is InChI=1S/C12H14BrN5/c13-10-2-1-3-18-11(10)15-12(16-18)17-6-8-4-14-5-9(8)7-17/h1-3,8-9,14H,4-7H2/t8-,9+. The molecule has 2 atom stereocenters. The fourth-order valence-corrected chi connectivity index (χ4v) is 3.44. The third kappa shape index (κ3) is 1.55. The van der Waals surface area contributed by atoms with Crippen molar-refractivity contribution >= 4 is 27.5 Å². The molecule has 2 aromatic rings. The van der Waals surface area contributed by atoms with Gasteiger partial charge in [0.1, 0.15) is 0 Å². The molecule has 4 rings (SSSR count). The second-order valence-electron chi connectivity index (χ2n) is 5.12. The molecule has 0 amide bonds. The first kappa shape index (κ1) is 10.8. The van der Waals surface area contributed by atoms with Crippen LogP contribution < -0.4 is 10.2 Å². The Morgan fingerprint density at radius 2 is 2.06 bits per heavy atom. The molecule has 0 radical (unpaired) electrons. The van der Waals surface area contributed by atoms with Crippen LogP contribution in [-0.2, 0) is 0 Å². The van der Waals surface area contributed by atoms with Crippen molar-refractivity contribution in [3.05, 3.63) is 22.8 Å². The van der Waals surface area contributed by atoms with E-state index in [2.05, 4.69) is 36.2 Å². The molecule has 18 heavy (non-hydrogen) atoms. The average molecular weight is 308 g/mol. The Hall–Kier alpha value is -1.14. The minimum absolute atomic E-state index is 0.764. The summed E-state index contributed by atoms with van der Waals surface area (Å²) in [5.41, 5.74) is 0.891. The smallest absolute Gasteiger partial charge is 0.245 e. The van der Waals surface area contributed by atoms with E-state index in [0.29, 0.717) is 0 Å². The van der Waals surface area contributed by atoms with Gasteiger partial charge in [-0.3, -0.25) is 0 Å². The minimum Gasteiger partial charge on any atom is -0.339 e. The van der Waals surface area contributed by atoms with Crippen LogP contribution in [0.4, 0.5) is 5.95 Å². The Balaban J connectivity index is 1.69. The second kappa shape index (κ2) is 3.93. The quantitative estimate of drug-likeness (QED) is 0.858. The monoisotopic (exact) mass is 307 g/mol. The van der Waals surface area contributed by atoms with Gasteiger partial charge in [-0.05, 0) is 39.9 Å². The van der Waals surface area contributed by atoms with Crippen LogP contribution in [0.25, 0.3) is 5.65 Å². The van der Waals surface area contributed by atoms with Crippen molar-refractivity contribution in [2.45, 2.75) is 0 Å². The van der Waals surface area contributed by atoms with Gasteiger partial charge in [0.25, 0.3) is 0 Å². The first-order valence-electron chi connectivity index (χ1n) is 6.28. The number of hydrogen-bond acceptors (Lipinski definition) is 4. The van der Waals surface area contributed by atoms with Crippen molar-refractivity contribution in [2.24, 2.45) is 11.8 Å². The number of fused-ring (bicyclic) bond motifs is 2. The van der Waals surface area contributed by atoms with Gasteiger partial charge in [0, 0.05) is 32.4 Å². The third-order valence-corrected chi connectivity index (χ3v) is 4.59. The number of pyridine rings is 1. The summed E-state index contributed by atoms with van der Waals surface area (Å²) in [6, 6.07) is 3.97. The number of nitrogens with zero attached hydrogens (tertiary/aromatic N) is 4. The van der Waals surface area contributed by atoms with Crippen molar-refractivity contribution in [1.82, 2.24) is 19.9 Å². The van der Waals surface area contributed by atoms with Crippen LogP contribution in [0.3, 0.4) is 0 Å². The highest BCUT2D eigenvalue weighted by atomic mass is 79.9.